The second-order valence-electron chi connectivity index (χ2n) is 5.13. The lowest BCUT2D eigenvalue weighted by Gasteiger charge is -2.31. The molecule has 0 unspecified atom stereocenters. The fraction of sp³-hybridized carbons (Fsp3) is 0.538. The van der Waals surface area contributed by atoms with Crippen LogP contribution < -0.4 is 5.32 Å². The minimum absolute atomic E-state index is 0.147. The van der Waals surface area contributed by atoms with Gasteiger partial charge in [-0.25, -0.2) is 21.6 Å². The molecule has 118 valence electrons. The molecule has 1 aliphatic rings. The number of benzene rings is 1. The third-order valence-corrected chi connectivity index (χ3v) is 5.41. The lowest BCUT2D eigenvalue weighted by molar-refractivity contribution is 0.263. The average molecular weight is 322 g/mol. The van der Waals surface area contributed by atoms with Crippen molar-refractivity contribution in [2.24, 2.45) is 5.92 Å². The minimum Gasteiger partial charge on any atom is -0.319 e. The summed E-state index contributed by atoms with van der Waals surface area (Å²) in [6, 6.07) is 1.05. The van der Waals surface area contributed by atoms with Crippen LogP contribution in [0.3, 0.4) is 0 Å². The zero-order chi connectivity index (χ0) is 15.6. The maximum Gasteiger partial charge on any atom is 0.243 e. The van der Waals surface area contributed by atoms with E-state index in [0.717, 1.165) is 6.42 Å². The summed E-state index contributed by atoms with van der Waals surface area (Å²) in [7, 11) is -2.24. The predicted molar refractivity (Wildman–Crippen MR) is 71.7 cm³/mol. The summed E-state index contributed by atoms with van der Waals surface area (Å²) in [6.45, 7) is 1.24. The van der Waals surface area contributed by atoms with Gasteiger partial charge in [-0.05, 0) is 44.5 Å². The molecule has 4 nitrogen and oxygen atoms in total. The zero-order valence-corrected chi connectivity index (χ0v) is 12.4. The molecule has 0 aliphatic carbocycles. The van der Waals surface area contributed by atoms with E-state index in [1.54, 1.807) is 7.05 Å². The fourth-order valence-corrected chi connectivity index (χ4v) is 4.11. The smallest absolute Gasteiger partial charge is 0.243 e. The maximum atomic E-state index is 13.2. The first kappa shape index (κ1) is 16.3. The molecule has 0 radical (unpaired) electrons. The van der Waals surface area contributed by atoms with Crippen LogP contribution in [0, 0.1) is 23.4 Å². The van der Waals surface area contributed by atoms with Crippen LogP contribution in [0.4, 0.5) is 13.2 Å². The largest absolute Gasteiger partial charge is 0.319 e. The van der Waals surface area contributed by atoms with E-state index in [-0.39, 0.29) is 12.5 Å². The fourth-order valence-electron chi connectivity index (χ4n) is 2.53. The van der Waals surface area contributed by atoms with Gasteiger partial charge < -0.3 is 5.32 Å². The lowest BCUT2D eigenvalue weighted by Crippen LogP contribution is -2.42. The van der Waals surface area contributed by atoms with Gasteiger partial charge in [0.15, 0.2) is 17.5 Å². The molecule has 0 spiro atoms. The van der Waals surface area contributed by atoms with E-state index < -0.39 is 32.4 Å². The first-order chi connectivity index (χ1) is 9.86. The third kappa shape index (κ3) is 3.38. The molecule has 8 heteroatoms. The molecule has 2 rings (SSSR count). The number of nitrogens with one attached hydrogen (secondary N) is 1. The normalized spacial score (nSPS) is 20.7. The second kappa shape index (κ2) is 6.33. The Morgan fingerprint density at radius 2 is 1.90 bits per heavy atom. The van der Waals surface area contributed by atoms with Gasteiger partial charge >= 0.3 is 0 Å². The molecule has 1 heterocycles. The first-order valence-electron chi connectivity index (χ1n) is 6.65. The number of hydrogen-bond acceptors (Lipinski definition) is 3. The minimum atomic E-state index is -4.02. The summed E-state index contributed by atoms with van der Waals surface area (Å²) in [4.78, 5) is -0.552. The van der Waals surface area contributed by atoms with E-state index in [9.17, 15) is 21.6 Å². The number of rotatable bonds is 4. The molecular weight excluding hydrogens is 305 g/mol. The van der Waals surface area contributed by atoms with Crippen LogP contribution in [0.1, 0.15) is 12.8 Å². The monoisotopic (exact) mass is 322 g/mol. The highest BCUT2D eigenvalue weighted by atomic mass is 32.2. The van der Waals surface area contributed by atoms with Crippen molar-refractivity contribution in [1.82, 2.24) is 9.62 Å². The molecule has 0 saturated carbocycles. The van der Waals surface area contributed by atoms with Crippen LogP contribution in [-0.4, -0.2) is 39.4 Å². The van der Waals surface area contributed by atoms with Crippen LogP contribution in [0.5, 0.6) is 0 Å². The molecule has 1 N–H and O–H groups in total. The Bertz CT molecular complexity index is 597. The lowest BCUT2D eigenvalue weighted by atomic mass is 10.00. The van der Waals surface area contributed by atoms with Gasteiger partial charge in [0.1, 0.15) is 0 Å². The van der Waals surface area contributed by atoms with Gasteiger partial charge in [-0.1, -0.05) is 0 Å². The Hall–Kier alpha value is -1.12. The standard InChI is InChI=1S/C13H17F3N2O2S/c1-17-7-9-3-2-4-18(8-9)21(19,20)10-5-11(14)13(16)12(15)6-10/h5-6,9,17H,2-4,7-8H2,1H3/t9-/m1/s1. The zero-order valence-electron chi connectivity index (χ0n) is 11.6. The Morgan fingerprint density at radius 3 is 2.48 bits per heavy atom. The van der Waals surface area contributed by atoms with Gasteiger partial charge in [0.25, 0.3) is 0 Å². The van der Waals surface area contributed by atoms with Gasteiger partial charge in [-0.15, -0.1) is 0 Å². The van der Waals surface area contributed by atoms with E-state index in [1.165, 1.54) is 4.31 Å². The summed E-state index contributed by atoms with van der Waals surface area (Å²) >= 11 is 0. The van der Waals surface area contributed by atoms with Gasteiger partial charge in [0, 0.05) is 13.1 Å². The number of piperidine rings is 1. The molecular formula is C13H17F3N2O2S. The number of sulfonamides is 1. The van der Waals surface area contributed by atoms with Gasteiger partial charge in [0.2, 0.25) is 10.0 Å². The van der Waals surface area contributed by atoms with Crippen molar-refractivity contribution in [1.29, 1.82) is 0 Å². The topological polar surface area (TPSA) is 49.4 Å². The molecule has 0 aromatic heterocycles. The second-order valence-corrected chi connectivity index (χ2v) is 7.07. The first-order valence-corrected chi connectivity index (χ1v) is 8.09. The number of nitrogens with zero attached hydrogens (tertiary/aromatic N) is 1. The summed E-state index contributed by atoms with van der Waals surface area (Å²) in [5.74, 6) is -4.52. The van der Waals surface area contributed by atoms with Gasteiger partial charge in [0.05, 0.1) is 4.90 Å². The predicted octanol–water partition coefficient (Wildman–Crippen LogP) is 1.72. The quantitative estimate of drug-likeness (QED) is 0.859. The highest BCUT2D eigenvalue weighted by Gasteiger charge is 2.31. The van der Waals surface area contributed by atoms with Crippen LogP contribution in [0.25, 0.3) is 0 Å². The van der Waals surface area contributed by atoms with Crippen molar-refractivity contribution in [3.05, 3.63) is 29.6 Å². The molecule has 21 heavy (non-hydrogen) atoms. The van der Waals surface area contributed by atoms with Crippen LogP contribution in [-0.2, 0) is 10.0 Å². The molecule has 1 saturated heterocycles. The van der Waals surface area contributed by atoms with Crippen molar-refractivity contribution in [3.8, 4) is 0 Å². The van der Waals surface area contributed by atoms with E-state index in [2.05, 4.69) is 5.32 Å². The highest BCUT2D eigenvalue weighted by molar-refractivity contribution is 7.89. The average Bonchev–Trinajstić information content (AvgIpc) is 2.45. The van der Waals surface area contributed by atoms with E-state index >= 15 is 0 Å². The Morgan fingerprint density at radius 1 is 1.29 bits per heavy atom. The van der Waals surface area contributed by atoms with Crippen LogP contribution in [0.2, 0.25) is 0 Å². The molecule has 1 aliphatic heterocycles. The summed E-state index contributed by atoms with van der Waals surface area (Å²) in [5.41, 5.74) is 0. The van der Waals surface area contributed by atoms with Gasteiger partial charge in [-0.3, -0.25) is 0 Å². The van der Waals surface area contributed by atoms with Crippen molar-refractivity contribution in [3.63, 3.8) is 0 Å². The number of halogens is 3. The Kier molecular flexibility index (Phi) is 4.90. The third-order valence-electron chi connectivity index (χ3n) is 3.57. The Balaban J connectivity index is 2.29. The van der Waals surface area contributed by atoms with Crippen molar-refractivity contribution in [2.75, 3.05) is 26.7 Å². The van der Waals surface area contributed by atoms with Crippen molar-refractivity contribution >= 4 is 10.0 Å². The molecule has 1 aromatic carbocycles. The molecule has 1 fully saturated rings. The van der Waals surface area contributed by atoms with E-state index in [4.69, 9.17) is 0 Å². The number of hydrogen-bond donors (Lipinski definition) is 1. The summed E-state index contributed by atoms with van der Waals surface area (Å²) < 4.78 is 65.4. The molecule has 0 bridgehead atoms. The van der Waals surface area contributed by atoms with E-state index in [1.807, 2.05) is 0 Å². The summed E-state index contributed by atoms with van der Waals surface area (Å²) in [6.07, 6.45) is 1.57. The molecule has 0 amide bonds. The van der Waals surface area contributed by atoms with Crippen molar-refractivity contribution in [2.45, 2.75) is 17.7 Å². The Labute approximate surface area is 122 Å². The summed E-state index contributed by atoms with van der Waals surface area (Å²) in [5, 5.41) is 2.98. The van der Waals surface area contributed by atoms with Crippen LogP contribution in [0.15, 0.2) is 17.0 Å². The van der Waals surface area contributed by atoms with Crippen molar-refractivity contribution < 1.29 is 21.6 Å². The van der Waals surface area contributed by atoms with Gasteiger partial charge in [-0.2, -0.15) is 4.31 Å². The van der Waals surface area contributed by atoms with Crippen LogP contribution >= 0.6 is 0 Å². The maximum absolute atomic E-state index is 13.2. The van der Waals surface area contributed by atoms with E-state index in [0.29, 0.717) is 31.6 Å². The SMILES string of the molecule is CNC[C@H]1CCCN(S(=O)(=O)c2cc(F)c(F)c(F)c2)C1. The molecule has 1 atom stereocenters. The molecule has 1 aromatic rings. The highest BCUT2D eigenvalue weighted by Crippen LogP contribution is 2.25.